The van der Waals surface area contributed by atoms with Gasteiger partial charge in [-0.05, 0) is 31.2 Å². The minimum atomic E-state index is -0.609. The van der Waals surface area contributed by atoms with E-state index >= 15 is 0 Å². The van der Waals surface area contributed by atoms with Crippen molar-refractivity contribution < 1.29 is 9.53 Å². The number of rotatable bonds is 5. The Morgan fingerprint density at radius 2 is 2.00 bits per heavy atom. The van der Waals surface area contributed by atoms with E-state index in [9.17, 15) is 4.79 Å². The van der Waals surface area contributed by atoms with Crippen LogP contribution in [-0.4, -0.2) is 25.2 Å². The van der Waals surface area contributed by atoms with Gasteiger partial charge in [-0.1, -0.05) is 43.7 Å². The first kappa shape index (κ1) is 19.9. The minimum absolute atomic E-state index is 0. The van der Waals surface area contributed by atoms with Gasteiger partial charge in [-0.3, -0.25) is 4.79 Å². The van der Waals surface area contributed by atoms with E-state index in [-0.39, 0.29) is 24.4 Å². The molecule has 0 bridgehead atoms. The Kier molecular flexibility index (Phi) is 8.03. The molecular weight excluding hydrogens is 312 g/mol. The maximum absolute atomic E-state index is 12.3. The summed E-state index contributed by atoms with van der Waals surface area (Å²) in [5.74, 6) is 0.729. The first-order valence-electron chi connectivity index (χ1n) is 8.20. The number of amides is 1. The van der Waals surface area contributed by atoms with E-state index in [2.05, 4.69) is 19.2 Å². The van der Waals surface area contributed by atoms with Gasteiger partial charge in [0.25, 0.3) is 0 Å². The molecule has 1 aliphatic rings. The van der Waals surface area contributed by atoms with Gasteiger partial charge in [-0.15, -0.1) is 12.4 Å². The van der Waals surface area contributed by atoms with Crippen LogP contribution in [0, 0.1) is 18.8 Å². The van der Waals surface area contributed by atoms with E-state index in [4.69, 9.17) is 10.5 Å². The van der Waals surface area contributed by atoms with Crippen molar-refractivity contribution in [2.24, 2.45) is 17.6 Å². The van der Waals surface area contributed by atoms with Crippen molar-refractivity contribution in [1.82, 2.24) is 5.32 Å². The largest absolute Gasteiger partial charge is 0.378 e. The van der Waals surface area contributed by atoms with Gasteiger partial charge in [0.2, 0.25) is 5.91 Å². The van der Waals surface area contributed by atoms with Gasteiger partial charge in [0, 0.05) is 19.1 Å². The Labute approximate surface area is 145 Å². The predicted molar refractivity (Wildman–Crippen MR) is 95.7 cm³/mol. The molecule has 23 heavy (non-hydrogen) atoms. The van der Waals surface area contributed by atoms with E-state index < -0.39 is 6.04 Å². The maximum atomic E-state index is 12.3. The molecule has 1 aliphatic heterocycles. The molecule has 1 saturated heterocycles. The summed E-state index contributed by atoms with van der Waals surface area (Å²) in [6, 6.07) is 7.18. The van der Waals surface area contributed by atoms with Crippen LogP contribution in [0.2, 0.25) is 0 Å². The SMILES string of the molecule is Cc1ccc(C(N)C(=O)NCC2CCCOC2C(C)C)cc1.Cl. The lowest BCUT2D eigenvalue weighted by Gasteiger charge is -2.34. The zero-order valence-electron chi connectivity index (χ0n) is 14.2. The van der Waals surface area contributed by atoms with Crippen LogP contribution in [0.3, 0.4) is 0 Å². The Bertz CT molecular complexity index is 490. The van der Waals surface area contributed by atoms with Crippen LogP contribution in [0.1, 0.15) is 43.9 Å². The van der Waals surface area contributed by atoms with Crippen LogP contribution in [0.25, 0.3) is 0 Å². The molecule has 3 atom stereocenters. The van der Waals surface area contributed by atoms with Gasteiger partial charge < -0.3 is 15.8 Å². The van der Waals surface area contributed by atoms with E-state index in [1.165, 1.54) is 0 Å². The van der Waals surface area contributed by atoms with Crippen molar-refractivity contribution in [2.75, 3.05) is 13.2 Å². The standard InChI is InChI=1S/C18H28N2O2.ClH/c1-12(2)17-15(5-4-10-22-17)11-20-18(21)16(19)14-8-6-13(3)7-9-14;/h6-9,12,15-17H,4-5,10-11,19H2,1-3H3,(H,20,21);1H. The number of carbonyl (C=O) groups is 1. The van der Waals surface area contributed by atoms with Crippen LogP contribution in [0.5, 0.6) is 0 Å². The van der Waals surface area contributed by atoms with E-state index in [1.807, 2.05) is 31.2 Å². The van der Waals surface area contributed by atoms with Crippen molar-refractivity contribution in [3.05, 3.63) is 35.4 Å². The highest BCUT2D eigenvalue weighted by molar-refractivity contribution is 5.85. The molecule has 5 heteroatoms. The molecule has 0 saturated carbocycles. The summed E-state index contributed by atoms with van der Waals surface area (Å²) in [6.07, 6.45) is 2.39. The molecule has 0 radical (unpaired) electrons. The molecule has 130 valence electrons. The Morgan fingerprint density at radius 1 is 1.35 bits per heavy atom. The molecule has 2 rings (SSSR count). The average Bonchev–Trinajstić information content (AvgIpc) is 2.52. The van der Waals surface area contributed by atoms with Gasteiger partial charge in [0.05, 0.1) is 6.10 Å². The highest BCUT2D eigenvalue weighted by atomic mass is 35.5. The molecule has 0 aliphatic carbocycles. The van der Waals surface area contributed by atoms with Crippen LogP contribution in [0.4, 0.5) is 0 Å². The van der Waals surface area contributed by atoms with Crippen LogP contribution >= 0.6 is 12.4 Å². The lowest BCUT2D eigenvalue weighted by atomic mass is 9.87. The molecule has 3 unspecified atom stereocenters. The molecule has 1 aromatic rings. The molecule has 1 aromatic carbocycles. The summed E-state index contributed by atoms with van der Waals surface area (Å²) in [5, 5.41) is 3.01. The topological polar surface area (TPSA) is 64.4 Å². The summed E-state index contributed by atoms with van der Waals surface area (Å²) >= 11 is 0. The van der Waals surface area contributed by atoms with Crippen LogP contribution < -0.4 is 11.1 Å². The van der Waals surface area contributed by atoms with Gasteiger partial charge in [-0.25, -0.2) is 0 Å². The summed E-state index contributed by atoms with van der Waals surface area (Å²) < 4.78 is 5.86. The third-order valence-electron chi connectivity index (χ3n) is 4.41. The maximum Gasteiger partial charge on any atom is 0.241 e. The zero-order chi connectivity index (χ0) is 16.1. The molecule has 0 aromatic heterocycles. The van der Waals surface area contributed by atoms with Crippen molar-refractivity contribution >= 4 is 18.3 Å². The van der Waals surface area contributed by atoms with Crippen molar-refractivity contribution in [1.29, 1.82) is 0 Å². The first-order valence-corrected chi connectivity index (χ1v) is 8.20. The van der Waals surface area contributed by atoms with Crippen LogP contribution in [-0.2, 0) is 9.53 Å². The highest BCUT2D eigenvalue weighted by Gasteiger charge is 2.29. The first-order chi connectivity index (χ1) is 10.5. The second kappa shape index (κ2) is 9.26. The van der Waals surface area contributed by atoms with Crippen molar-refractivity contribution in [3.63, 3.8) is 0 Å². The quantitative estimate of drug-likeness (QED) is 0.866. The summed E-state index contributed by atoms with van der Waals surface area (Å²) in [6.45, 7) is 7.83. The summed E-state index contributed by atoms with van der Waals surface area (Å²) in [7, 11) is 0. The molecule has 1 heterocycles. The lowest BCUT2D eigenvalue weighted by Crippen LogP contribution is -2.43. The summed E-state index contributed by atoms with van der Waals surface area (Å²) in [5.41, 5.74) is 8.07. The number of hydrogen-bond donors (Lipinski definition) is 2. The lowest BCUT2D eigenvalue weighted by molar-refractivity contribution is -0.123. The third-order valence-corrected chi connectivity index (χ3v) is 4.41. The van der Waals surface area contributed by atoms with E-state index in [0.29, 0.717) is 18.4 Å². The molecular formula is C18H29ClN2O2. The number of halogens is 1. The normalized spacial score (nSPS) is 22.3. The summed E-state index contributed by atoms with van der Waals surface area (Å²) in [4.78, 5) is 12.3. The number of nitrogens with two attached hydrogens (primary N) is 1. The number of hydrogen-bond acceptors (Lipinski definition) is 3. The minimum Gasteiger partial charge on any atom is -0.378 e. The van der Waals surface area contributed by atoms with Gasteiger partial charge in [0.1, 0.15) is 6.04 Å². The van der Waals surface area contributed by atoms with Crippen molar-refractivity contribution in [3.8, 4) is 0 Å². The molecule has 1 fully saturated rings. The van der Waals surface area contributed by atoms with Crippen LogP contribution in [0.15, 0.2) is 24.3 Å². The Balaban J connectivity index is 0.00000264. The monoisotopic (exact) mass is 340 g/mol. The molecule has 1 amide bonds. The van der Waals surface area contributed by atoms with E-state index in [0.717, 1.165) is 30.6 Å². The molecule has 4 nitrogen and oxygen atoms in total. The molecule has 3 N–H and O–H groups in total. The van der Waals surface area contributed by atoms with E-state index in [1.54, 1.807) is 0 Å². The third kappa shape index (κ3) is 5.48. The van der Waals surface area contributed by atoms with Gasteiger partial charge in [-0.2, -0.15) is 0 Å². The number of aryl methyl sites for hydroxylation is 1. The zero-order valence-corrected chi connectivity index (χ0v) is 15.1. The van der Waals surface area contributed by atoms with Gasteiger partial charge >= 0.3 is 0 Å². The molecule has 0 spiro atoms. The smallest absolute Gasteiger partial charge is 0.241 e. The second-order valence-electron chi connectivity index (χ2n) is 6.62. The van der Waals surface area contributed by atoms with Crippen molar-refractivity contribution in [2.45, 2.75) is 45.8 Å². The van der Waals surface area contributed by atoms with Gasteiger partial charge in [0.15, 0.2) is 0 Å². The fraction of sp³-hybridized carbons (Fsp3) is 0.611. The average molecular weight is 341 g/mol. The predicted octanol–water partition coefficient (Wildman–Crippen LogP) is 2.98. The number of carbonyl (C=O) groups excluding carboxylic acids is 1. The Hall–Kier alpha value is -1.10. The highest BCUT2D eigenvalue weighted by Crippen LogP contribution is 2.25. The number of nitrogens with one attached hydrogen (secondary N) is 1. The second-order valence-corrected chi connectivity index (χ2v) is 6.62. The number of benzene rings is 1. The number of ether oxygens (including phenoxy) is 1. The fourth-order valence-corrected chi connectivity index (χ4v) is 3.09. The Morgan fingerprint density at radius 3 is 2.61 bits per heavy atom. The fourth-order valence-electron chi connectivity index (χ4n) is 3.09.